The van der Waals surface area contributed by atoms with Gasteiger partial charge >= 0.3 is 0 Å². The minimum absolute atomic E-state index is 0.707. The Labute approximate surface area is 332 Å². The predicted octanol–water partition coefficient (Wildman–Crippen LogP) is 15.2. The molecule has 0 saturated heterocycles. The lowest BCUT2D eigenvalue weighted by molar-refractivity contribution is 1.19. The first-order valence-electron chi connectivity index (χ1n) is 18.8. The van der Waals surface area contributed by atoms with Crippen LogP contribution in [0.4, 0.5) is 0 Å². The van der Waals surface area contributed by atoms with E-state index in [4.69, 9.17) is 9.97 Å². The van der Waals surface area contributed by atoms with E-state index in [9.17, 15) is 0 Å². The maximum atomic E-state index is 5.48. The molecular weight excluding hydrogens is 717 g/mol. The van der Waals surface area contributed by atoms with E-state index in [2.05, 4.69) is 194 Å². The molecule has 8 aromatic carbocycles. The number of fused-ring (bicyclic) bond motifs is 6. The molecule has 2 nitrogen and oxygen atoms in total. The highest BCUT2D eigenvalue weighted by Crippen LogP contribution is 2.44. The quantitative estimate of drug-likeness (QED) is 0.169. The summed E-state index contributed by atoms with van der Waals surface area (Å²) in [7, 11) is 0. The molecule has 0 fully saturated rings. The lowest BCUT2D eigenvalue weighted by Crippen LogP contribution is -1.98. The summed E-state index contributed by atoms with van der Waals surface area (Å²) in [5, 5.41) is 5.06. The van der Waals surface area contributed by atoms with Gasteiger partial charge in [0.15, 0.2) is 5.82 Å². The molecule has 11 aromatic rings. The smallest absolute Gasteiger partial charge is 0.161 e. The highest BCUT2D eigenvalue weighted by Gasteiger charge is 2.20. The van der Waals surface area contributed by atoms with Crippen molar-refractivity contribution in [3.8, 4) is 67.3 Å². The molecule has 0 saturated carbocycles. The highest BCUT2D eigenvalue weighted by atomic mass is 32.1. The highest BCUT2D eigenvalue weighted by molar-refractivity contribution is 7.26. The van der Waals surface area contributed by atoms with E-state index in [0.29, 0.717) is 5.82 Å². The van der Waals surface area contributed by atoms with Gasteiger partial charge in [0, 0.05) is 57.0 Å². The molecule has 3 aromatic heterocycles. The first-order valence-corrected chi connectivity index (χ1v) is 20.4. The van der Waals surface area contributed by atoms with Crippen molar-refractivity contribution < 1.29 is 0 Å². The molecule has 0 bridgehead atoms. The summed E-state index contributed by atoms with van der Waals surface area (Å²) < 4.78 is 5.03. The van der Waals surface area contributed by atoms with Gasteiger partial charge in [-0.2, -0.15) is 0 Å². The van der Waals surface area contributed by atoms with Gasteiger partial charge in [0.2, 0.25) is 0 Å². The van der Waals surface area contributed by atoms with Crippen LogP contribution < -0.4 is 0 Å². The average molecular weight is 749 g/mol. The SMILES string of the molecule is c1ccc(-c2ccc(-c3ccc(-c4nc(-c5cccc6c5sc5ccccc56)cc(-c5cccc6c5sc5ccccc56)n4)c(-c4ccccc4)c3)cc2)cc1. The monoisotopic (exact) mass is 748 g/mol. The van der Waals surface area contributed by atoms with Crippen LogP contribution in [0.25, 0.3) is 108 Å². The number of rotatable bonds is 6. The Morgan fingerprint density at radius 1 is 0.286 bits per heavy atom. The van der Waals surface area contributed by atoms with Crippen LogP contribution in [0, 0.1) is 0 Å². The number of hydrogen-bond acceptors (Lipinski definition) is 4. The van der Waals surface area contributed by atoms with Crippen molar-refractivity contribution in [2.45, 2.75) is 0 Å². The van der Waals surface area contributed by atoms with Crippen molar-refractivity contribution in [2.75, 3.05) is 0 Å². The number of aromatic nitrogens is 2. The fraction of sp³-hybridized carbons (Fsp3) is 0. The van der Waals surface area contributed by atoms with E-state index >= 15 is 0 Å². The zero-order chi connectivity index (χ0) is 37.0. The van der Waals surface area contributed by atoms with Crippen molar-refractivity contribution in [3.63, 3.8) is 0 Å². The van der Waals surface area contributed by atoms with Crippen molar-refractivity contribution in [2.24, 2.45) is 0 Å². The van der Waals surface area contributed by atoms with Gasteiger partial charge in [-0.1, -0.05) is 164 Å². The first-order chi connectivity index (χ1) is 27.7. The molecule has 0 radical (unpaired) electrons. The van der Waals surface area contributed by atoms with Crippen LogP contribution in [-0.2, 0) is 0 Å². The average Bonchev–Trinajstić information content (AvgIpc) is 3.86. The van der Waals surface area contributed by atoms with Gasteiger partial charge in [0.1, 0.15) is 0 Å². The normalized spacial score (nSPS) is 11.6. The Kier molecular flexibility index (Phi) is 7.90. The predicted molar refractivity (Wildman–Crippen MR) is 240 cm³/mol. The van der Waals surface area contributed by atoms with E-state index in [1.165, 1.54) is 51.5 Å². The zero-order valence-corrected chi connectivity index (χ0v) is 31.8. The molecule has 0 N–H and O–H groups in total. The number of thiophene rings is 2. The standard InChI is InChI=1S/C52H32N2S2/c1-3-13-33(14-4-1)34-25-27-35(28-26-34)37-29-30-42(45(31-37)36-15-5-2-6-16-36)52-53-46(43-21-11-19-40-38-17-7-9-23-48(38)55-50(40)43)32-47(54-52)44-22-12-20-41-39-18-8-10-24-49(39)56-51(41)44/h1-32H. The molecular formula is C52H32N2S2. The number of nitrogens with zero attached hydrogens (tertiary/aromatic N) is 2. The van der Waals surface area contributed by atoms with Gasteiger partial charge in [-0.05, 0) is 63.7 Å². The summed E-state index contributed by atoms with van der Waals surface area (Å²) in [6.45, 7) is 0. The minimum atomic E-state index is 0.707. The number of benzene rings is 8. The van der Waals surface area contributed by atoms with Crippen LogP contribution in [0.1, 0.15) is 0 Å². The summed E-state index contributed by atoms with van der Waals surface area (Å²) in [5.41, 5.74) is 12.0. The van der Waals surface area contributed by atoms with Gasteiger partial charge in [0.25, 0.3) is 0 Å². The molecule has 0 aliphatic carbocycles. The van der Waals surface area contributed by atoms with E-state index in [-0.39, 0.29) is 0 Å². The van der Waals surface area contributed by atoms with Crippen LogP contribution in [0.15, 0.2) is 194 Å². The van der Waals surface area contributed by atoms with Gasteiger partial charge in [-0.15, -0.1) is 22.7 Å². The van der Waals surface area contributed by atoms with Gasteiger partial charge < -0.3 is 0 Å². The first kappa shape index (κ1) is 32.7. The molecule has 0 atom stereocenters. The molecule has 56 heavy (non-hydrogen) atoms. The topological polar surface area (TPSA) is 25.8 Å². The van der Waals surface area contributed by atoms with E-state index in [1.54, 1.807) is 0 Å². The molecule has 3 heterocycles. The van der Waals surface area contributed by atoms with E-state index < -0.39 is 0 Å². The second-order valence-corrected chi connectivity index (χ2v) is 16.2. The maximum Gasteiger partial charge on any atom is 0.161 e. The summed E-state index contributed by atoms with van der Waals surface area (Å²) >= 11 is 3.67. The molecule has 262 valence electrons. The van der Waals surface area contributed by atoms with Crippen LogP contribution in [0.2, 0.25) is 0 Å². The summed E-state index contributed by atoms with van der Waals surface area (Å²) in [6.07, 6.45) is 0. The summed E-state index contributed by atoms with van der Waals surface area (Å²) in [4.78, 5) is 11.0. The maximum absolute atomic E-state index is 5.48. The Bertz CT molecular complexity index is 3100. The third-order valence-corrected chi connectivity index (χ3v) is 13.2. The lowest BCUT2D eigenvalue weighted by Gasteiger charge is -2.15. The largest absolute Gasteiger partial charge is 0.228 e. The van der Waals surface area contributed by atoms with E-state index in [1.807, 2.05) is 22.7 Å². The Hall–Kier alpha value is -6.72. The zero-order valence-electron chi connectivity index (χ0n) is 30.2. The fourth-order valence-corrected chi connectivity index (χ4v) is 10.5. The van der Waals surface area contributed by atoms with Gasteiger partial charge in [-0.3, -0.25) is 0 Å². The molecule has 4 heteroatoms. The van der Waals surface area contributed by atoms with Crippen LogP contribution in [0.5, 0.6) is 0 Å². The molecule has 0 amide bonds. The fourth-order valence-electron chi connectivity index (χ4n) is 8.00. The Balaban J connectivity index is 1.14. The van der Waals surface area contributed by atoms with Crippen LogP contribution >= 0.6 is 22.7 Å². The minimum Gasteiger partial charge on any atom is -0.228 e. The van der Waals surface area contributed by atoms with Crippen LogP contribution in [0.3, 0.4) is 0 Å². The van der Waals surface area contributed by atoms with Crippen molar-refractivity contribution in [3.05, 3.63) is 194 Å². The summed E-state index contributed by atoms with van der Waals surface area (Å²) in [5.74, 6) is 0.707. The Morgan fingerprint density at radius 3 is 1.30 bits per heavy atom. The van der Waals surface area contributed by atoms with Crippen molar-refractivity contribution in [1.29, 1.82) is 0 Å². The third-order valence-electron chi connectivity index (χ3n) is 10.8. The lowest BCUT2D eigenvalue weighted by atomic mass is 9.93. The molecule has 0 spiro atoms. The molecule has 11 rings (SSSR count). The van der Waals surface area contributed by atoms with Crippen LogP contribution in [-0.4, -0.2) is 9.97 Å². The second-order valence-electron chi connectivity index (χ2n) is 14.1. The number of hydrogen-bond donors (Lipinski definition) is 0. The second kappa shape index (κ2) is 13.5. The summed E-state index contributed by atoms with van der Waals surface area (Å²) in [6, 6.07) is 69.6. The molecule has 0 unspecified atom stereocenters. The van der Waals surface area contributed by atoms with E-state index in [0.717, 1.165) is 50.3 Å². The molecule has 0 aliphatic heterocycles. The molecule has 0 aliphatic rings. The van der Waals surface area contributed by atoms with Crippen molar-refractivity contribution in [1.82, 2.24) is 9.97 Å². The van der Waals surface area contributed by atoms with Gasteiger partial charge in [0.05, 0.1) is 11.4 Å². The third kappa shape index (κ3) is 5.62. The van der Waals surface area contributed by atoms with Gasteiger partial charge in [-0.25, -0.2) is 9.97 Å². The van der Waals surface area contributed by atoms with Crippen molar-refractivity contribution >= 4 is 63.0 Å². The Morgan fingerprint density at radius 2 is 0.732 bits per heavy atom.